The fourth-order valence-corrected chi connectivity index (χ4v) is 1.69. The van der Waals surface area contributed by atoms with Crippen LogP contribution in [0.1, 0.15) is 12.5 Å². The fourth-order valence-electron chi connectivity index (χ4n) is 1.31. The molecule has 1 rings (SSSR count). The summed E-state index contributed by atoms with van der Waals surface area (Å²) in [6, 6.07) is 5.17. The molecule has 0 bridgehead atoms. The van der Waals surface area contributed by atoms with Gasteiger partial charge in [0, 0.05) is 17.0 Å². The van der Waals surface area contributed by atoms with Crippen molar-refractivity contribution in [3.63, 3.8) is 0 Å². The molecule has 0 saturated heterocycles. The fraction of sp³-hybridized carbons (Fsp3) is 0.167. The molecule has 1 amide bonds. The minimum atomic E-state index is -1.22. The maximum absolute atomic E-state index is 11.0. The second kappa shape index (κ2) is 6.20. The molecule has 0 aliphatic carbocycles. The van der Waals surface area contributed by atoms with Gasteiger partial charge in [-0.1, -0.05) is 15.9 Å². The molecule has 96 valence electrons. The van der Waals surface area contributed by atoms with Gasteiger partial charge in [0.15, 0.2) is 0 Å². The van der Waals surface area contributed by atoms with Crippen LogP contribution in [0.5, 0.6) is 5.75 Å². The molecule has 0 saturated carbocycles. The van der Waals surface area contributed by atoms with Gasteiger partial charge in [-0.25, -0.2) is 4.79 Å². The molecule has 0 heterocycles. The van der Waals surface area contributed by atoms with E-state index in [-0.39, 0.29) is 5.70 Å². The Morgan fingerprint density at radius 2 is 2.11 bits per heavy atom. The third-order valence-corrected chi connectivity index (χ3v) is 2.53. The highest BCUT2D eigenvalue weighted by Crippen LogP contribution is 2.24. The zero-order valence-electron chi connectivity index (χ0n) is 9.86. The second-order valence-electron chi connectivity index (χ2n) is 3.43. The maximum atomic E-state index is 11.0. The molecule has 0 fully saturated rings. The third kappa shape index (κ3) is 3.89. The first kappa shape index (κ1) is 14.2. The van der Waals surface area contributed by atoms with Gasteiger partial charge in [-0.15, -0.1) is 0 Å². The molecular formula is C12H12BrNO4. The Bertz CT molecular complexity index is 511. The summed E-state index contributed by atoms with van der Waals surface area (Å²) in [5, 5.41) is 11.2. The maximum Gasteiger partial charge on any atom is 0.352 e. The van der Waals surface area contributed by atoms with E-state index in [0.717, 1.165) is 4.47 Å². The minimum Gasteiger partial charge on any atom is -0.496 e. The molecule has 5 nitrogen and oxygen atoms in total. The number of nitrogens with one attached hydrogen (secondary N) is 1. The van der Waals surface area contributed by atoms with Crippen LogP contribution in [0, 0.1) is 0 Å². The number of methoxy groups -OCH3 is 1. The molecule has 0 atom stereocenters. The average molecular weight is 314 g/mol. The Labute approximate surface area is 113 Å². The van der Waals surface area contributed by atoms with Crippen molar-refractivity contribution in [2.24, 2.45) is 0 Å². The van der Waals surface area contributed by atoms with E-state index in [4.69, 9.17) is 9.84 Å². The summed E-state index contributed by atoms with van der Waals surface area (Å²) < 4.78 is 5.89. The molecule has 0 aliphatic rings. The van der Waals surface area contributed by atoms with Crippen LogP contribution in [0.4, 0.5) is 0 Å². The monoisotopic (exact) mass is 313 g/mol. The van der Waals surface area contributed by atoms with Crippen molar-refractivity contribution in [3.05, 3.63) is 33.9 Å². The Morgan fingerprint density at radius 3 is 2.61 bits per heavy atom. The molecule has 18 heavy (non-hydrogen) atoms. The minimum absolute atomic E-state index is 0.209. The average Bonchev–Trinajstić information content (AvgIpc) is 2.27. The summed E-state index contributed by atoms with van der Waals surface area (Å²) in [5.74, 6) is -1.15. The number of ether oxygens (including phenoxy) is 1. The highest BCUT2D eigenvalue weighted by molar-refractivity contribution is 9.10. The second-order valence-corrected chi connectivity index (χ2v) is 4.35. The van der Waals surface area contributed by atoms with Gasteiger partial charge in [-0.3, -0.25) is 4.79 Å². The van der Waals surface area contributed by atoms with E-state index < -0.39 is 11.9 Å². The van der Waals surface area contributed by atoms with Crippen molar-refractivity contribution in [3.8, 4) is 5.75 Å². The molecule has 0 aromatic heterocycles. The van der Waals surface area contributed by atoms with Crippen molar-refractivity contribution in [1.82, 2.24) is 5.32 Å². The summed E-state index contributed by atoms with van der Waals surface area (Å²) in [7, 11) is 1.49. The molecule has 2 N–H and O–H groups in total. The summed E-state index contributed by atoms with van der Waals surface area (Å²) in [5.41, 5.74) is 0.344. The highest BCUT2D eigenvalue weighted by Gasteiger charge is 2.11. The molecule has 0 aliphatic heterocycles. The quantitative estimate of drug-likeness (QED) is 0.834. The van der Waals surface area contributed by atoms with E-state index in [1.165, 1.54) is 20.1 Å². The molecule has 0 radical (unpaired) electrons. The lowest BCUT2D eigenvalue weighted by Crippen LogP contribution is -2.24. The lowest BCUT2D eigenvalue weighted by Gasteiger charge is -2.07. The third-order valence-electron chi connectivity index (χ3n) is 2.03. The summed E-state index contributed by atoms with van der Waals surface area (Å²) >= 11 is 3.28. The normalized spacial score (nSPS) is 10.9. The van der Waals surface area contributed by atoms with Crippen LogP contribution in [-0.2, 0) is 9.59 Å². The molecule has 1 aromatic carbocycles. The van der Waals surface area contributed by atoms with E-state index in [1.54, 1.807) is 18.2 Å². The molecule has 6 heteroatoms. The first-order valence-electron chi connectivity index (χ1n) is 5.00. The van der Waals surface area contributed by atoms with Crippen LogP contribution in [0.2, 0.25) is 0 Å². The van der Waals surface area contributed by atoms with Crippen LogP contribution < -0.4 is 10.1 Å². The molecule has 1 aromatic rings. The smallest absolute Gasteiger partial charge is 0.352 e. The first-order chi connectivity index (χ1) is 8.43. The summed E-state index contributed by atoms with van der Waals surface area (Å²) in [6.07, 6.45) is 1.34. The van der Waals surface area contributed by atoms with Gasteiger partial charge in [0.25, 0.3) is 0 Å². The van der Waals surface area contributed by atoms with E-state index in [2.05, 4.69) is 21.2 Å². The standard InChI is InChI=1S/C12H12BrNO4/c1-7(15)14-10(12(16)17)6-8-5-9(13)3-4-11(8)18-2/h3-6H,1-2H3,(H,14,15)(H,16,17)/b10-6+. The van der Waals surface area contributed by atoms with Gasteiger partial charge < -0.3 is 15.2 Å². The van der Waals surface area contributed by atoms with Gasteiger partial charge in [0.2, 0.25) is 5.91 Å². The number of carbonyl (C=O) groups excluding carboxylic acids is 1. The predicted molar refractivity (Wildman–Crippen MR) is 70.1 cm³/mol. The summed E-state index contributed by atoms with van der Waals surface area (Å²) in [6.45, 7) is 1.24. The summed E-state index contributed by atoms with van der Waals surface area (Å²) in [4.78, 5) is 21.9. The van der Waals surface area contributed by atoms with Gasteiger partial charge >= 0.3 is 5.97 Å². The lowest BCUT2D eigenvalue weighted by atomic mass is 10.1. The van der Waals surface area contributed by atoms with E-state index in [1.807, 2.05) is 0 Å². The van der Waals surface area contributed by atoms with Gasteiger partial charge in [-0.05, 0) is 24.3 Å². The Balaban J connectivity index is 3.22. The number of halogens is 1. The number of aliphatic carboxylic acids is 1. The van der Waals surface area contributed by atoms with E-state index in [9.17, 15) is 9.59 Å². The Hall–Kier alpha value is -1.82. The topological polar surface area (TPSA) is 75.6 Å². The predicted octanol–water partition coefficient (Wildman–Crippen LogP) is 2.02. The number of carboxylic acid groups (broad SMARTS) is 1. The van der Waals surface area contributed by atoms with Crippen molar-refractivity contribution in [1.29, 1.82) is 0 Å². The number of carbonyl (C=O) groups is 2. The van der Waals surface area contributed by atoms with Crippen LogP contribution in [0.15, 0.2) is 28.4 Å². The Kier molecular flexibility index (Phi) is 4.91. The molecule has 0 spiro atoms. The van der Waals surface area contributed by atoms with Crippen molar-refractivity contribution >= 4 is 33.9 Å². The largest absolute Gasteiger partial charge is 0.496 e. The number of rotatable bonds is 4. The van der Waals surface area contributed by atoms with E-state index in [0.29, 0.717) is 11.3 Å². The number of hydrogen-bond acceptors (Lipinski definition) is 3. The molecule has 0 unspecified atom stereocenters. The van der Waals surface area contributed by atoms with Gasteiger partial charge in [0.1, 0.15) is 11.4 Å². The van der Waals surface area contributed by atoms with Crippen molar-refractivity contribution in [2.45, 2.75) is 6.92 Å². The SMILES string of the molecule is COc1ccc(Br)cc1/C=C(/NC(C)=O)C(=O)O. The van der Waals surface area contributed by atoms with E-state index >= 15 is 0 Å². The first-order valence-corrected chi connectivity index (χ1v) is 5.79. The van der Waals surface area contributed by atoms with Crippen LogP contribution in [0.3, 0.4) is 0 Å². The Morgan fingerprint density at radius 1 is 1.44 bits per heavy atom. The van der Waals surface area contributed by atoms with Crippen LogP contribution >= 0.6 is 15.9 Å². The van der Waals surface area contributed by atoms with Gasteiger partial charge in [-0.2, -0.15) is 0 Å². The number of benzene rings is 1. The number of hydrogen-bond donors (Lipinski definition) is 2. The lowest BCUT2D eigenvalue weighted by molar-refractivity contribution is -0.134. The zero-order chi connectivity index (χ0) is 13.7. The van der Waals surface area contributed by atoms with Crippen LogP contribution in [0.25, 0.3) is 6.08 Å². The highest BCUT2D eigenvalue weighted by atomic mass is 79.9. The number of amides is 1. The number of carboxylic acids is 1. The van der Waals surface area contributed by atoms with Gasteiger partial charge in [0.05, 0.1) is 7.11 Å². The molecular weight excluding hydrogens is 302 g/mol. The van der Waals surface area contributed by atoms with Crippen molar-refractivity contribution in [2.75, 3.05) is 7.11 Å². The zero-order valence-corrected chi connectivity index (χ0v) is 11.4. The van der Waals surface area contributed by atoms with Crippen molar-refractivity contribution < 1.29 is 19.4 Å². The van der Waals surface area contributed by atoms with Crippen LogP contribution in [-0.4, -0.2) is 24.1 Å².